The van der Waals surface area contributed by atoms with Crippen LogP contribution in [0.5, 0.6) is 0 Å². The summed E-state index contributed by atoms with van der Waals surface area (Å²) >= 11 is 0. The summed E-state index contributed by atoms with van der Waals surface area (Å²) in [7, 11) is 0. The van der Waals surface area contributed by atoms with Crippen LogP contribution in [0.3, 0.4) is 0 Å². The number of morpholine rings is 1. The number of rotatable bonds is 4. The van der Waals surface area contributed by atoms with Crippen molar-refractivity contribution >= 4 is 5.91 Å². The van der Waals surface area contributed by atoms with Crippen LogP contribution >= 0.6 is 0 Å². The van der Waals surface area contributed by atoms with Crippen LogP contribution in [-0.2, 0) is 9.53 Å². The van der Waals surface area contributed by atoms with Crippen LogP contribution in [-0.4, -0.2) is 54.7 Å². The molecule has 5 nitrogen and oxygen atoms in total. The van der Waals surface area contributed by atoms with Crippen LogP contribution < -0.4 is 11.1 Å². The number of carbonyl (C=O) groups excluding carboxylic acids is 1. The third kappa shape index (κ3) is 4.17. The number of hydrogen-bond acceptors (Lipinski definition) is 4. The summed E-state index contributed by atoms with van der Waals surface area (Å²) in [4.78, 5) is 14.6. The van der Waals surface area contributed by atoms with Gasteiger partial charge in [-0.25, -0.2) is 0 Å². The highest BCUT2D eigenvalue weighted by Crippen LogP contribution is 2.18. The van der Waals surface area contributed by atoms with Gasteiger partial charge in [-0.2, -0.15) is 0 Å². The average molecular weight is 283 g/mol. The van der Waals surface area contributed by atoms with Crippen molar-refractivity contribution in [3.8, 4) is 0 Å². The summed E-state index contributed by atoms with van der Waals surface area (Å²) in [6.45, 7) is 6.16. The van der Waals surface area contributed by atoms with Crippen LogP contribution in [0, 0.1) is 0 Å². The first kappa shape index (κ1) is 15.7. The SMILES string of the molecule is CC(N)C1CN(C(C)C(=O)NC2CCCCC2)CCO1. The van der Waals surface area contributed by atoms with Gasteiger partial charge in [-0.1, -0.05) is 19.3 Å². The van der Waals surface area contributed by atoms with Crippen molar-refractivity contribution in [2.24, 2.45) is 5.73 Å². The van der Waals surface area contributed by atoms with Crippen molar-refractivity contribution in [1.82, 2.24) is 10.2 Å². The van der Waals surface area contributed by atoms with Gasteiger partial charge in [0.25, 0.3) is 0 Å². The van der Waals surface area contributed by atoms with Crippen molar-refractivity contribution in [2.75, 3.05) is 19.7 Å². The first-order valence-electron chi connectivity index (χ1n) is 7.99. The van der Waals surface area contributed by atoms with Crippen LogP contribution in [0.15, 0.2) is 0 Å². The van der Waals surface area contributed by atoms with Gasteiger partial charge in [-0.15, -0.1) is 0 Å². The number of hydrogen-bond donors (Lipinski definition) is 2. The second-order valence-electron chi connectivity index (χ2n) is 6.28. The zero-order valence-electron chi connectivity index (χ0n) is 12.8. The zero-order chi connectivity index (χ0) is 14.5. The number of amides is 1. The van der Waals surface area contributed by atoms with E-state index in [2.05, 4.69) is 10.2 Å². The van der Waals surface area contributed by atoms with E-state index in [9.17, 15) is 4.79 Å². The fourth-order valence-corrected chi connectivity index (χ4v) is 3.10. The Kier molecular flexibility index (Phi) is 5.81. The van der Waals surface area contributed by atoms with Crippen molar-refractivity contribution < 1.29 is 9.53 Å². The molecule has 0 aromatic carbocycles. The molecular formula is C15H29N3O2. The summed E-state index contributed by atoms with van der Waals surface area (Å²) in [6.07, 6.45) is 6.08. The summed E-state index contributed by atoms with van der Waals surface area (Å²) in [6, 6.07) is 0.289. The molecule has 0 spiro atoms. The maximum absolute atomic E-state index is 12.4. The molecule has 0 radical (unpaired) electrons. The Morgan fingerprint density at radius 2 is 2.00 bits per heavy atom. The Balaban J connectivity index is 1.82. The third-order valence-electron chi connectivity index (χ3n) is 4.59. The predicted octanol–water partition coefficient (Wildman–Crippen LogP) is 0.872. The maximum Gasteiger partial charge on any atom is 0.237 e. The van der Waals surface area contributed by atoms with Gasteiger partial charge in [0.2, 0.25) is 5.91 Å². The topological polar surface area (TPSA) is 67.6 Å². The van der Waals surface area contributed by atoms with Gasteiger partial charge in [-0.3, -0.25) is 9.69 Å². The van der Waals surface area contributed by atoms with Crippen molar-refractivity contribution in [3.63, 3.8) is 0 Å². The first-order chi connectivity index (χ1) is 9.58. The molecule has 2 aliphatic rings. The normalized spacial score (nSPS) is 28.9. The van der Waals surface area contributed by atoms with Crippen LogP contribution in [0.2, 0.25) is 0 Å². The number of nitrogens with two attached hydrogens (primary N) is 1. The second-order valence-corrected chi connectivity index (χ2v) is 6.28. The van der Waals surface area contributed by atoms with Gasteiger partial charge in [0.15, 0.2) is 0 Å². The van der Waals surface area contributed by atoms with Crippen LogP contribution in [0.25, 0.3) is 0 Å². The van der Waals surface area contributed by atoms with Crippen molar-refractivity contribution in [1.29, 1.82) is 0 Å². The van der Waals surface area contributed by atoms with Gasteiger partial charge >= 0.3 is 0 Å². The number of nitrogens with one attached hydrogen (secondary N) is 1. The van der Waals surface area contributed by atoms with Gasteiger partial charge in [0.1, 0.15) is 0 Å². The van der Waals surface area contributed by atoms with E-state index < -0.39 is 0 Å². The Labute approximate surface area is 122 Å². The van der Waals surface area contributed by atoms with Gasteiger partial charge in [-0.05, 0) is 26.7 Å². The standard InChI is InChI=1S/C15H29N3O2/c1-11(16)14-10-18(8-9-20-14)12(2)15(19)17-13-6-4-3-5-7-13/h11-14H,3-10,16H2,1-2H3,(H,17,19). The minimum absolute atomic E-state index is 0.00593. The minimum atomic E-state index is -0.0953. The predicted molar refractivity (Wildman–Crippen MR) is 79.4 cm³/mol. The summed E-state index contributed by atoms with van der Waals surface area (Å²) in [5.74, 6) is 0.155. The molecule has 1 aliphatic heterocycles. The number of ether oxygens (including phenoxy) is 1. The first-order valence-corrected chi connectivity index (χ1v) is 7.99. The fourth-order valence-electron chi connectivity index (χ4n) is 3.10. The van der Waals surface area contributed by atoms with E-state index in [1.54, 1.807) is 0 Å². The fraction of sp³-hybridized carbons (Fsp3) is 0.933. The molecular weight excluding hydrogens is 254 g/mol. The van der Waals surface area contributed by atoms with E-state index >= 15 is 0 Å². The van der Waals surface area contributed by atoms with Crippen LogP contribution in [0.4, 0.5) is 0 Å². The van der Waals surface area contributed by atoms with E-state index in [1.165, 1.54) is 19.3 Å². The summed E-state index contributed by atoms with van der Waals surface area (Å²) in [5, 5.41) is 3.21. The highest BCUT2D eigenvalue weighted by Gasteiger charge is 2.30. The maximum atomic E-state index is 12.4. The quantitative estimate of drug-likeness (QED) is 0.803. The molecule has 1 saturated carbocycles. The van der Waals surface area contributed by atoms with Gasteiger partial charge in [0.05, 0.1) is 18.8 Å². The van der Waals surface area contributed by atoms with E-state index in [-0.39, 0.29) is 24.1 Å². The zero-order valence-corrected chi connectivity index (χ0v) is 12.8. The van der Waals surface area contributed by atoms with E-state index in [4.69, 9.17) is 10.5 Å². The van der Waals surface area contributed by atoms with Crippen LogP contribution in [0.1, 0.15) is 46.0 Å². The summed E-state index contributed by atoms with van der Waals surface area (Å²) < 4.78 is 5.65. The molecule has 5 heteroatoms. The molecule has 3 N–H and O–H groups in total. The lowest BCUT2D eigenvalue weighted by Crippen LogP contribution is -2.56. The molecule has 3 unspecified atom stereocenters. The van der Waals surface area contributed by atoms with E-state index in [1.807, 2.05) is 13.8 Å². The molecule has 1 saturated heterocycles. The Bertz CT molecular complexity index is 316. The minimum Gasteiger partial charge on any atom is -0.374 e. The average Bonchev–Trinajstić information content (AvgIpc) is 2.47. The second kappa shape index (κ2) is 7.38. The molecule has 1 aliphatic carbocycles. The molecule has 3 atom stereocenters. The van der Waals surface area contributed by atoms with Gasteiger partial charge in [0, 0.05) is 25.2 Å². The molecule has 2 rings (SSSR count). The number of carbonyl (C=O) groups is 1. The molecule has 0 aromatic heterocycles. The molecule has 1 amide bonds. The Hall–Kier alpha value is -0.650. The van der Waals surface area contributed by atoms with Crippen molar-refractivity contribution in [2.45, 2.75) is 70.2 Å². The lowest BCUT2D eigenvalue weighted by Gasteiger charge is -2.38. The van der Waals surface area contributed by atoms with Gasteiger partial charge < -0.3 is 15.8 Å². The molecule has 116 valence electrons. The monoisotopic (exact) mass is 283 g/mol. The highest BCUT2D eigenvalue weighted by atomic mass is 16.5. The van der Waals surface area contributed by atoms with Crippen molar-refractivity contribution in [3.05, 3.63) is 0 Å². The molecule has 2 fully saturated rings. The Morgan fingerprint density at radius 3 is 2.65 bits per heavy atom. The smallest absolute Gasteiger partial charge is 0.237 e. The lowest BCUT2D eigenvalue weighted by molar-refractivity contribution is -0.130. The molecule has 0 bridgehead atoms. The highest BCUT2D eigenvalue weighted by molar-refractivity contribution is 5.81. The molecule has 20 heavy (non-hydrogen) atoms. The van der Waals surface area contributed by atoms with E-state index in [0.29, 0.717) is 12.6 Å². The Morgan fingerprint density at radius 1 is 1.30 bits per heavy atom. The number of nitrogens with zero attached hydrogens (tertiary/aromatic N) is 1. The lowest BCUT2D eigenvalue weighted by atomic mass is 9.95. The van der Waals surface area contributed by atoms with E-state index in [0.717, 1.165) is 25.9 Å². The molecule has 1 heterocycles. The third-order valence-corrected chi connectivity index (χ3v) is 4.59. The molecule has 0 aromatic rings. The largest absolute Gasteiger partial charge is 0.374 e. The summed E-state index contributed by atoms with van der Waals surface area (Å²) in [5.41, 5.74) is 5.90.